The monoisotopic (exact) mass is 263 g/mol. The van der Waals surface area contributed by atoms with Gasteiger partial charge in [-0.05, 0) is 12.1 Å². The molecule has 0 aliphatic rings. The van der Waals surface area contributed by atoms with Crippen molar-refractivity contribution in [1.82, 2.24) is 10.3 Å². The predicted octanol–water partition coefficient (Wildman–Crippen LogP) is 2.12. The number of imide groups is 1. The summed E-state index contributed by atoms with van der Waals surface area (Å²) in [6.45, 7) is 0. The van der Waals surface area contributed by atoms with Crippen molar-refractivity contribution in [3.05, 3.63) is 36.5 Å². The van der Waals surface area contributed by atoms with E-state index in [1.54, 1.807) is 6.07 Å². The van der Waals surface area contributed by atoms with E-state index in [0.717, 1.165) is 10.9 Å². The molecule has 2 N–H and O–H groups in total. The van der Waals surface area contributed by atoms with Crippen molar-refractivity contribution >= 4 is 40.1 Å². The van der Waals surface area contributed by atoms with Crippen LogP contribution in [-0.4, -0.2) is 22.8 Å². The summed E-state index contributed by atoms with van der Waals surface area (Å²) in [6.07, 6.45) is 1.52. The Balaban J connectivity index is 2.12. The molecule has 0 bridgehead atoms. The molecular formula is C12H10ClN3O2. The van der Waals surface area contributed by atoms with Crippen LogP contribution >= 0.6 is 11.6 Å². The molecule has 0 radical (unpaired) electrons. The van der Waals surface area contributed by atoms with Crippen molar-refractivity contribution in [3.63, 3.8) is 0 Å². The molecule has 0 spiro atoms. The fraction of sp³-hybridized carbons (Fsp3) is 0.0833. The van der Waals surface area contributed by atoms with Gasteiger partial charge in [-0.2, -0.15) is 0 Å². The number of nitrogens with one attached hydrogen (secondary N) is 2. The number of carbonyl (C=O) groups excluding carboxylic acids is 2. The molecule has 0 fully saturated rings. The first-order valence-corrected chi connectivity index (χ1v) is 5.74. The Morgan fingerprint density at radius 2 is 2.06 bits per heavy atom. The molecule has 92 valence electrons. The fourth-order valence-corrected chi connectivity index (χ4v) is 1.53. The molecule has 18 heavy (non-hydrogen) atoms. The van der Waals surface area contributed by atoms with Gasteiger partial charge >= 0.3 is 6.03 Å². The van der Waals surface area contributed by atoms with E-state index in [9.17, 15) is 9.59 Å². The predicted molar refractivity (Wildman–Crippen MR) is 69.6 cm³/mol. The third kappa shape index (κ3) is 2.95. The van der Waals surface area contributed by atoms with Gasteiger partial charge in [-0.15, -0.1) is 11.6 Å². The van der Waals surface area contributed by atoms with Gasteiger partial charge in [0.05, 0.1) is 17.4 Å². The summed E-state index contributed by atoms with van der Waals surface area (Å²) in [5.41, 5.74) is 1.34. The van der Waals surface area contributed by atoms with E-state index in [2.05, 4.69) is 15.6 Å². The van der Waals surface area contributed by atoms with Crippen LogP contribution in [0.2, 0.25) is 0 Å². The van der Waals surface area contributed by atoms with Crippen LogP contribution in [-0.2, 0) is 4.79 Å². The number of para-hydroxylation sites is 1. The zero-order valence-electron chi connectivity index (χ0n) is 9.31. The minimum absolute atomic E-state index is 0.261. The van der Waals surface area contributed by atoms with E-state index in [4.69, 9.17) is 11.6 Å². The number of alkyl halides is 1. The molecule has 2 rings (SSSR count). The lowest BCUT2D eigenvalue weighted by atomic mass is 10.2. The van der Waals surface area contributed by atoms with E-state index in [1.165, 1.54) is 6.20 Å². The van der Waals surface area contributed by atoms with Crippen LogP contribution in [0.1, 0.15) is 0 Å². The number of aromatic nitrogens is 1. The maximum Gasteiger partial charge on any atom is 0.325 e. The second kappa shape index (κ2) is 5.46. The molecular weight excluding hydrogens is 254 g/mol. The SMILES string of the molecule is O=C(CCl)NC(=O)Nc1cnc2ccccc2c1. The van der Waals surface area contributed by atoms with Crippen LogP contribution in [0.5, 0.6) is 0 Å². The number of carbonyl (C=O) groups is 2. The lowest BCUT2D eigenvalue weighted by Crippen LogP contribution is -2.35. The van der Waals surface area contributed by atoms with Crippen LogP contribution in [0.3, 0.4) is 0 Å². The Morgan fingerprint density at radius 1 is 1.28 bits per heavy atom. The van der Waals surface area contributed by atoms with Gasteiger partial charge in [0, 0.05) is 5.39 Å². The van der Waals surface area contributed by atoms with Gasteiger partial charge in [0.2, 0.25) is 5.91 Å². The first-order chi connectivity index (χ1) is 8.69. The average molecular weight is 264 g/mol. The topological polar surface area (TPSA) is 71.1 Å². The van der Waals surface area contributed by atoms with Crippen LogP contribution in [0.15, 0.2) is 36.5 Å². The summed E-state index contributed by atoms with van der Waals surface area (Å²) in [5, 5.41) is 5.49. The van der Waals surface area contributed by atoms with Crippen molar-refractivity contribution in [2.24, 2.45) is 0 Å². The number of amides is 3. The van der Waals surface area contributed by atoms with Gasteiger partial charge in [-0.25, -0.2) is 4.79 Å². The molecule has 0 aliphatic heterocycles. The van der Waals surface area contributed by atoms with E-state index in [1.807, 2.05) is 24.3 Å². The number of rotatable bonds is 2. The first kappa shape index (κ1) is 12.3. The highest BCUT2D eigenvalue weighted by Crippen LogP contribution is 2.15. The Kier molecular flexibility index (Phi) is 3.74. The zero-order chi connectivity index (χ0) is 13.0. The van der Waals surface area contributed by atoms with Crippen molar-refractivity contribution in [3.8, 4) is 0 Å². The third-order valence-electron chi connectivity index (χ3n) is 2.22. The molecule has 1 aromatic carbocycles. The summed E-state index contributed by atoms with van der Waals surface area (Å²) < 4.78 is 0. The largest absolute Gasteiger partial charge is 0.325 e. The molecule has 0 saturated carbocycles. The quantitative estimate of drug-likeness (QED) is 0.816. The fourth-order valence-electron chi connectivity index (χ4n) is 1.46. The zero-order valence-corrected chi connectivity index (χ0v) is 10.1. The van der Waals surface area contributed by atoms with Gasteiger partial charge < -0.3 is 5.32 Å². The Labute approximate surface area is 108 Å². The van der Waals surface area contributed by atoms with E-state index in [0.29, 0.717) is 5.69 Å². The van der Waals surface area contributed by atoms with Crippen molar-refractivity contribution in [2.45, 2.75) is 0 Å². The van der Waals surface area contributed by atoms with E-state index in [-0.39, 0.29) is 5.88 Å². The lowest BCUT2D eigenvalue weighted by Gasteiger charge is -2.06. The highest BCUT2D eigenvalue weighted by molar-refractivity contribution is 6.28. The van der Waals surface area contributed by atoms with E-state index < -0.39 is 11.9 Å². The Morgan fingerprint density at radius 3 is 2.83 bits per heavy atom. The molecule has 1 aromatic heterocycles. The maximum absolute atomic E-state index is 11.4. The smallest absolute Gasteiger partial charge is 0.306 e. The number of hydrogen-bond donors (Lipinski definition) is 2. The minimum Gasteiger partial charge on any atom is -0.306 e. The van der Waals surface area contributed by atoms with Crippen molar-refractivity contribution in [1.29, 1.82) is 0 Å². The highest BCUT2D eigenvalue weighted by Gasteiger charge is 2.06. The number of pyridine rings is 1. The Bertz CT molecular complexity index is 601. The lowest BCUT2D eigenvalue weighted by molar-refractivity contribution is -0.117. The van der Waals surface area contributed by atoms with Crippen LogP contribution in [0.4, 0.5) is 10.5 Å². The number of hydrogen-bond acceptors (Lipinski definition) is 3. The molecule has 5 nitrogen and oxygen atoms in total. The molecule has 2 aromatic rings. The summed E-state index contributed by atoms with van der Waals surface area (Å²) in [4.78, 5) is 26.5. The number of urea groups is 1. The summed E-state index contributed by atoms with van der Waals surface area (Å²) in [7, 11) is 0. The number of benzene rings is 1. The summed E-state index contributed by atoms with van der Waals surface area (Å²) >= 11 is 5.27. The standard InChI is InChI=1S/C12H10ClN3O2/c13-6-11(17)16-12(18)15-9-5-8-3-1-2-4-10(8)14-7-9/h1-5,7H,6H2,(H2,15,16,17,18). The third-order valence-corrected chi connectivity index (χ3v) is 2.47. The number of anilines is 1. The average Bonchev–Trinajstić information content (AvgIpc) is 2.38. The van der Waals surface area contributed by atoms with Gasteiger partial charge in [0.25, 0.3) is 0 Å². The van der Waals surface area contributed by atoms with Crippen LogP contribution < -0.4 is 10.6 Å². The second-order valence-electron chi connectivity index (χ2n) is 3.55. The second-order valence-corrected chi connectivity index (χ2v) is 3.82. The van der Waals surface area contributed by atoms with Gasteiger partial charge in [0.1, 0.15) is 5.88 Å². The highest BCUT2D eigenvalue weighted by atomic mass is 35.5. The van der Waals surface area contributed by atoms with Crippen LogP contribution in [0, 0.1) is 0 Å². The summed E-state index contributed by atoms with van der Waals surface area (Å²) in [5.74, 6) is -0.813. The van der Waals surface area contributed by atoms with Crippen molar-refractivity contribution in [2.75, 3.05) is 11.2 Å². The van der Waals surface area contributed by atoms with Crippen molar-refractivity contribution < 1.29 is 9.59 Å². The van der Waals surface area contributed by atoms with Crippen LogP contribution in [0.25, 0.3) is 10.9 Å². The number of halogens is 1. The number of nitrogens with zero attached hydrogens (tertiary/aromatic N) is 1. The van der Waals surface area contributed by atoms with Gasteiger partial charge in [-0.3, -0.25) is 15.1 Å². The molecule has 0 saturated heterocycles. The number of fused-ring (bicyclic) bond motifs is 1. The molecule has 1 heterocycles. The first-order valence-electron chi connectivity index (χ1n) is 5.20. The normalized spacial score (nSPS) is 10.1. The van der Waals surface area contributed by atoms with Gasteiger partial charge in [0.15, 0.2) is 0 Å². The minimum atomic E-state index is -0.627. The molecule has 0 unspecified atom stereocenters. The molecule has 0 atom stereocenters. The maximum atomic E-state index is 11.4. The van der Waals surface area contributed by atoms with E-state index >= 15 is 0 Å². The molecule has 0 aliphatic carbocycles. The Hall–Kier alpha value is -2.14. The molecule has 6 heteroatoms. The molecule has 3 amide bonds. The van der Waals surface area contributed by atoms with Gasteiger partial charge in [-0.1, -0.05) is 18.2 Å². The summed E-state index contributed by atoms with van der Waals surface area (Å²) in [6, 6.07) is 8.66.